The molecule has 0 bridgehead atoms. The summed E-state index contributed by atoms with van der Waals surface area (Å²) in [6.07, 6.45) is 2.68. The number of carbonyl (C=O) groups is 1. The highest BCUT2D eigenvalue weighted by molar-refractivity contribution is 5.76. The van der Waals surface area contributed by atoms with E-state index in [1.54, 1.807) is 7.11 Å². The van der Waals surface area contributed by atoms with Crippen LogP contribution in [-0.2, 0) is 4.79 Å². The molecule has 0 spiro atoms. The number of carbonyl (C=O) groups excluding carboxylic acids is 1. The van der Waals surface area contributed by atoms with Gasteiger partial charge < -0.3 is 14.8 Å². The summed E-state index contributed by atoms with van der Waals surface area (Å²) in [5.74, 6) is 1.92. The van der Waals surface area contributed by atoms with Gasteiger partial charge in [0.15, 0.2) is 11.5 Å². The van der Waals surface area contributed by atoms with Gasteiger partial charge in [-0.3, -0.25) is 4.79 Å². The van der Waals surface area contributed by atoms with Gasteiger partial charge in [-0.05, 0) is 36.5 Å². The van der Waals surface area contributed by atoms with Crippen molar-refractivity contribution in [3.05, 3.63) is 60.2 Å². The minimum Gasteiger partial charge on any atom is -0.493 e. The van der Waals surface area contributed by atoms with E-state index in [0.29, 0.717) is 30.4 Å². The molecule has 24 heavy (non-hydrogen) atoms. The molecule has 3 rings (SSSR count). The van der Waals surface area contributed by atoms with E-state index in [0.717, 1.165) is 0 Å². The zero-order chi connectivity index (χ0) is 16.8. The molecule has 1 amide bonds. The van der Waals surface area contributed by atoms with Crippen molar-refractivity contribution < 1.29 is 14.3 Å². The molecule has 0 aromatic heterocycles. The number of para-hydroxylation sites is 2. The van der Waals surface area contributed by atoms with Crippen LogP contribution in [0.15, 0.2) is 54.6 Å². The summed E-state index contributed by atoms with van der Waals surface area (Å²) in [5.41, 5.74) is 1.18. The van der Waals surface area contributed by atoms with Crippen molar-refractivity contribution in [1.29, 1.82) is 0 Å². The first-order valence-corrected chi connectivity index (χ1v) is 8.38. The van der Waals surface area contributed by atoms with Crippen molar-refractivity contribution in [2.75, 3.05) is 13.7 Å². The molecule has 4 nitrogen and oxygen atoms in total. The Bertz CT molecular complexity index is 668. The first kappa shape index (κ1) is 16.4. The molecule has 1 saturated carbocycles. The highest BCUT2D eigenvalue weighted by atomic mass is 16.5. The number of methoxy groups -OCH3 is 1. The predicted octanol–water partition coefficient (Wildman–Crippen LogP) is 3.73. The molecule has 0 aliphatic heterocycles. The Labute approximate surface area is 142 Å². The van der Waals surface area contributed by atoms with Crippen LogP contribution in [0.2, 0.25) is 0 Å². The number of benzene rings is 2. The first-order valence-electron chi connectivity index (χ1n) is 8.38. The van der Waals surface area contributed by atoms with Gasteiger partial charge in [0, 0.05) is 0 Å². The molecule has 1 fully saturated rings. The molecule has 2 aromatic rings. The highest BCUT2D eigenvalue weighted by Crippen LogP contribution is 2.40. The summed E-state index contributed by atoms with van der Waals surface area (Å²) >= 11 is 0. The summed E-state index contributed by atoms with van der Waals surface area (Å²) in [4.78, 5) is 12.3. The number of amides is 1. The molecule has 1 unspecified atom stereocenters. The Balaban J connectivity index is 1.51. The van der Waals surface area contributed by atoms with Gasteiger partial charge in [-0.1, -0.05) is 42.5 Å². The van der Waals surface area contributed by atoms with Crippen LogP contribution in [0.25, 0.3) is 0 Å². The van der Waals surface area contributed by atoms with Crippen molar-refractivity contribution in [1.82, 2.24) is 5.32 Å². The van der Waals surface area contributed by atoms with Crippen LogP contribution >= 0.6 is 0 Å². The zero-order valence-corrected chi connectivity index (χ0v) is 13.9. The lowest BCUT2D eigenvalue weighted by molar-refractivity contribution is -0.122. The van der Waals surface area contributed by atoms with Crippen molar-refractivity contribution in [3.8, 4) is 11.5 Å². The lowest BCUT2D eigenvalue weighted by Gasteiger charge is -2.19. The summed E-state index contributed by atoms with van der Waals surface area (Å²) in [6, 6.07) is 17.8. The predicted molar refractivity (Wildman–Crippen MR) is 93.2 cm³/mol. The van der Waals surface area contributed by atoms with Crippen molar-refractivity contribution in [2.45, 2.75) is 25.3 Å². The highest BCUT2D eigenvalue weighted by Gasteiger charge is 2.33. The number of nitrogens with one attached hydrogen (secondary N) is 1. The second-order valence-electron chi connectivity index (χ2n) is 6.04. The molecule has 0 saturated heterocycles. The third kappa shape index (κ3) is 4.28. The van der Waals surface area contributed by atoms with Gasteiger partial charge in [-0.25, -0.2) is 0 Å². The second kappa shape index (κ2) is 7.86. The van der Waals surface area contributed by atoms with Crippen molar-refractivity contribution >= 4 is 5.91 Å². The standard InChI is InChI=1S/C20H23NO3/c1-23-17-9-5-6-10-18(17)24-14-13-19(22)21-20(16-11-12-16)15-7-3-2-4-8-15/h2-10,16,20H,11-14H2,1H3,(H,21,22). The fourth-order valence-corrected chi connectivity index (χ4v) is 2.80. The van der Waals surface area contributed by atoms with Crippen LogP contribution < -0.4 is 14.8 Å². The monoisotopic (exact) mass is 325 g/mol. The van der Waals surface area contributed by atoms with Gasteiger partial charge in [0.05, 0.1) is 26.2 Å². The Kier molecular flexibility index (Phi) is 5.36. The lowest BCUT2D eigenvalue weighted by Crippen LogP contribution is -2.30. The maximum absolute atomic E-state index is 12.3. The third-order valence-corrected chi connectivity index (χ3v) is 4.22. The molecule has 1 atom stereocenters. The summed E-state index contributed by atoms with van der Waals surface area (Å²) < 4.78 is 10.9. The number of hydrogen-bond donors (Lipinski definition) is 1. The molecule has 1 aliphatic rings. The third-order valence-electron chi connectivity index (χ3n) is 4.22. The molecule has 4 heteroatoms. The average Bonchev–Trinajstić information content (AvgIpc) is 3.46. The van der Waals surface area contributed by atoms with Crippen molar-refractivity contribution in [3.63, 3.8) is 0 Å². The van der Waals surface area contributed by atoms with Gasteiger partial charge in [0.25, 0.3) is 0 Å². The Morgan fingerprint density at radius 3 is 2.42 bits per heavy atom. The van der Waals surface area contributed by atoms with Crippen LogP contribution in [-0.4, -0.2) is 19.6 Å². The van der Waals surface area contributed by atoms with E-state index >= 15 is 0 Å². The van der Waals surface area contributed by atoms with Crippen molar-refractivity contribution in [2.24, 2.45) is 5.92 Å². The first-order chi connectivity index (χ1) is 11.8. The maximum Gasteiger partial charge on any atom is 0.223 e. The second-order valence-corrected chi connectivity index (χ2v) is 6.04. The number of hydrogen-bond acceptors (Lipinski definition) is 3. The smallest absolute Gasteiger partial charge is 0.223 e. The molecular formula is C20H23NO3. The fraction of sp³-hybridized carbons (Fsp3) is 0.350. The summed E-state index contributed by atoms with van der Waals surface area (Å²) in [7, 11) is 1.61. The molecule has 1 aliphatic carbocycles. The van der Waals surface area contributed by atoms with E-state index in [9.17, 15) is 4.79 Å². The van der Waals surface area contributed by atoms with E-state index in [1.807, 2.05) is 42.5 Å². The van der Waals surface area contributed by atoms with Crippen LogP contribution in [0.1, 0.15) is 30.9 Å². The Hall–Kier alpha value is -2.49. The Morgan fingerprint density at radius 2 is 1.75 bits per heavy atom. The van der Waals surface area contributed by atoms with E-state index in [-0.39, 0.29) is 11.9 Å². The van der Waals surface area contributed by atoms with Crippen LogP contribution in [0.5, 0.6) is 11.5 Å². The van der Waals surface area contributed by atoms with Gasteiger partial charge in [-0.15, -0.1) is 0 Å². The molecule has 0 radical (unpaired) electrons. The zero-order valence-electron chi connectivity index (χ0n) is 13.9. The maximum atomic E-state index is 12.3. The fourth-order valence-electron chi connectivity index (χ4n) is 2.80. The van der Waals surface area contributed by atoms with E-state index in [4.69, 9.17) is 9.47 Å². The number of rotatable bonds is 8. The SMILES string of the molecule is COc1ccccc1OCCC(=O)NC(c1ccccc1)C1CC1. The van der Waals surface area contributed by atoms with Crippen LogP contribution in [0, 0.1) is 5.92 Å². The Morgan fingerprint density at radius 1 is 1.08 bits per heavy atom. The lowest BCUT2D eigenvalue weighted by atomic mass is 10.0. The summed E-state index contributed by atoms with van der Waals surface area (Å²) in [6.45, 7) is 0.332. The number of ether oxygens (including phenoxy) is 2. The quantitative estimate of drug-likeness (QED) is 0.804. The normalized spacial score (nSPS) is 14.7. The van der Waals surface area contributed by atoms with Gasteiger partial charge >= 0.3 is 0 Å². The average molecular weight is 325 g/mol. The van der Waals surface area contributed by atoms with E-state index in [1.165, 1.54) is 18.4 Å². The molecule has 126 valence electrons. The minimum absolute atomic E-state index is 0.0191. The minimum atomic E-state index is 0.0191. The summed E-state index contributed by atoms with van der Waals surface area (Å²) in [5, 5.41) is 3.16. The molecule has 1 N–H and O–H groups in total. The van der Waals surface area contributed by atoms with Crippen LogP contribution in [0.4, 0.5) is 0 Å². The van der Waals surface area contributed by atoms with E-state index in [2.05, 4.69) is 17.4 Å². The molecular weight excluding hydrogens is 302 g/mol. The molecule has 2 aromatic carbocycles. The van der Waals surface area contributed by atoms with Gasteiger partial charge in [0.2, 0.25) is 5.91 Å². The largest absolute Gasteiger partial charge is 0.493 e. The topological polar surface area (TPSA) is 47.6 Å². The molecule has 0 heterocycles. The van der Waals surface area contributed by atoms with E-state index < -0.39 is 0 Å². The van der Waals surface area contributed by atoms with Gasteiger partial charge in [0.1, 0.15) is 0 Å². The van der Waals surface area contributed by atoms with Gasteiger partial charge in [-0.2, -0.15) is 0 Å². The van der Waals surface area contributed by atoms with Crippen LogP contribution in [0.3, 0.4) is 0 Å².